The van der Waals surface area contributed by atoms with Gasteiger partial charge in [0.25, 0.3) is 5.91 Å². The van der Waals surface area contributed by atoms with Gasteiger partial charge in [0.05, 0.1) is 50.0 Å². The Balaban J connectivity index is 1.76. The van der Waals surface area contributed by atoms with E-state index in [9.17, 15) is 33.7 Å². The number of allylic oxidation sites excluding steroid dienone is 4. The molecular formula is C53H89N4O13P. The summed E-state index contributed by atoms with van der Waals surface area (Å²) in [4.78, 5) is 66.7. The molecular weight excluding hydrogens is 932 g/mol. The predicted molar refractivity (Wildman–Crippen MR) is 278 cm³/mol. The predicted octanol–water partition coefficient (Wildman–Crippen LogP) is 9.22. The van der Waals surface area contributed by atoms with Crippen LogP contribution >= 0.6 is 7.82 Å². The number of phosphoric acid groups is 1. The summed E-state index contributed by atoms with van der Waals surface area (Å²) in [7, 11) is -1.11. The monoisotopic (exact) mass is 1020 g/mol. The number of rotatable bonds is 31. The number of hydrogen-bond acceptors (Lipinski definition) is 14. The minimum atomic E-state index is -4.07. The number of carbonyl (C=O) groups is 4. The molecule has 2 rings (SSSR count). The quantitative estimate of drug-likeness (QED) is 0.0143. The van der Waals surface area contributed by atoms with Crippen molar-refractivity contribution in [2.24, 2.45) is 22.6 Å². The van der Waals surface area contributed by atoms with Crippen LogP contribution in [0.15, 0.2) is 63.5 Å². The number of hydrogen-bond donors (Lipinski definition) is 5. The Morgan fingerprint density at radius 1 is 0.845 bits per heavy atom. The minimum absolute atomic E-state index is 0.00841. The first-order valence-corrected chi connectivity index (χ1v) is 27.4. The van der Waals surface area contributed by atoms with Crippen LogP contribution in [0.3, 0.4) is 0 Å². The molecule has 71 heavy (non-hydrogen) atoms. The highest BCUT2D eigenvalue weighted by Gasteiger charge is 2.33. The summed E-state index contributed by atoms with van der Waals surface area (Å²) >= 11 is 0. The fourth-order valence-corrected chi connectivity index (χ4v) is 9.26. The third kappa shape index (κ3) is 26.6. The number of primary amides is 1. The average molecular weight is 1020 g/mol. The Morgan fingerprint density at radius 3 is 1.99 bits per heavy atom. The summed E-state index contributed by atoms with van der Waals surface area (Å²) < 4.78 is 44.0. The lowest BCUT2D eigenvalue weighted by atomic mass is 9.85. The van der Waals surface area contributed by atoms with Crippen molar-refractivity contribution < 1.29 is 61.7 Å². The number of fused-ring (bicyclic) bond motifs is 2. The van der Waals surface area contributed by atoms with E-state index in [1.165, 1.54) is 90.6 Å². The molecule has 0 saturated carbocycles. The van der Waals surface area contributed by atoms with E-state index in [0.29, 0.717) is 31.7 Å². The van der Waals surface area contributed by atoms with E-state index in [0.717, 1.165) is 44.2 Å². The van der Waals surface area contributed by atoms with Crippen LogP contribution in [-0.4, -0.2) is 117 Å². The Morgan fingerprint density at radius 2 is 1.42 bits per heavy atom. The summed E-state index contributed by atoms with van der Waals surface area (Å²) in [6.07, 6.45) is 22.5. The van der Waals surface area contributed by atoms with Gasteiger partial charge in [0.2, 0.25) is 11.6 Å². The van der Waals surface area contributed by atoms with Gasteiger partial charge in [0.15, 0.2) is 6.10 Å². The maximum Gasteiger partial charge on any atom is 0.472 e. The summed E-state index contributed by atoms with van der Waals surface area (Å²) in [5, 5.41) is 17.4. The zero-order valence-corrected chi connectivity index (χ0v) is 45.1. The third-order valence-electron chi connectivity index (χ3n) is 12.6. The molecule has 1 unspecified atom stereocenters. The molecule has 1 aliphatic heterocycles. The van der Waals surface area contributed by atoms with Crippen molar-refractivity contribution in [3.05, 3.63) is 58.5 Å². The first-order chi connectivity index (χ1) is 33.9. The van der Waals surface area contributed by atoms with E-state index in [4.69, 9.17) is 33.7 Å². The maximum absolute atomic E-state index is 14.1. The number of aliphatic hydroxyl groups is 1. The van der Waals surface area contributed by atoms with Gasteiger partial charge < -0.3 is 45.3 Å². The van der Waals surface area contributed by atoms with Gasteiger partial charge in [-0.1, -0.05) is 128 Å². The number of unbranched alkanes of at least 4 members (excludes halogenated alkanes) is 15. The van der Waals surface area contributed by atoms with E-state index < -0.39 is 55.9 Å². The standard InChI is InChI=1S/C53H89N4O13P/c1-38(2)55-29-31-68-71(63,64)69-33-32-67-30-24-22-20-18-16-14-12-10-9-11-13-15-17-19-21-23-28-56-48-43-34-39(3)35-47(66-8)49(59)41(5)36-42(6)51(70-53(54)62)46(65-7)27-25-26-40(4)52(61)57-44(50(43)60)37-45(48)58/h25-27,36-37,39,41,46-47,49,51,56,59H,9-24,28-35H2,1-8H3,(H2,54,62)(H,57,61)(H,63,64)/b27-25-,40-26+,42-36+/t39-,41+,46+,47+,49-,51+/m1/s1. The number of aliphatic imine (C=N–C) groups is 1. The molecule has 1 heterocycles. The molecule has 2 aliphatic rings. The smallest absolute Gasteiger partial charge is 0.439 e. The van der Waals surface area contributed by atoms with Crippen LogP contribution in [0.5, 0.6) is 0 Å². The molecule has 6 N–H and O–H groups in total. The van der Waals surface area contributed by atoms with Gasteiger partial charge in [-0.15, -0.1) is 0 Å². The normalized spacial score (nSPS) is 24.5. The van der Waals surface area contributed by atoms with Crippen LogP contribution in [0, 0.1) is 11.8 Å². The minimum Gasteiger partial charge on any atom is -0.439 e. The molecule has 0 fully saturated rings. The zero-order valence-electron chi connectivity index (χ0n) is 44.2. The molecule has 18 heteroatoms. The van der Waals surface area contributed by atoms with Crippen LogP contribution in [0.2, 0.25) is 0 Å². The number of methoxy groups -OCH3 is 2. The molecule has 0 aromatic rings. The second kappa shape index (κ2) is 36.2. The highest BCUT2D eigenvalue weighted by atomic mass is 31.2. The van der Waals surface area contributed by atoms with Gasteiger partial charge in [-0.25, -0.2) is 9.36 Å². The lowest BCUT2D eigenvalue weighted by Crippen LogP contribution is -2.38. The Bertz CT molecular complexity index is 1870. The van der Waals surface area contributed by atoms with Crippen molar-refractivity contribution >= 4 is 37.1 Å². The molecule has 404 valence electrons. The fraction of sp³-hybridized carbons (Fsp3) is 0.717. The highest BCUT2D eigenvalue weighted by Crippen LogP contribution is 2.42. The molecule has 0 aromatic heterocycles. The number of ketones is 2. The lowest BCUT2D eigenvalue weighted by molar-refractivity contribution is -0.120. The van der Waals surface area contributed by atoms with Crippen molar-refractivity contribution in [2.75, 3.05) is 53.7 Å². The number of carbonyl (C=O) groups excluding carboxylic acids is 4. The van der Waals surface area contributed by atoms with Crippen LogP contribution in [0.1, 0.15) is 157 Å². The van der Waals surface area contributed by atoms with E-state index in [1.54, 1.807) is 32.1 Å². The molecule has 1 aliphatic carbocycles. The number of Topliss-reactive ketones (excluding diaryl/α,β-unsaturated/α-hetero) is 1. The van der Waals surface area contributed by atoms with E-state index in [2.05, 4.69) is 15.6 Å². The molecule has 2 bridgehead atoms. The fourth-order valence-electron chi connectivity index (χ4n) is 8.57. The van der Waals surface area contributed by atoms with Crippen LogP contribution < -0.4 is 16.4 Å². The van der Waals surface area contributed by atoms with E-state index >= 15 is 0 Å². The molecule has 7 atom stereocenters. The summed E-state index contributed by atoms with van der Waals surface area (Å²) in [5.74, 6) is -2.05. The summed E-state index contributed by atoms with van der Waals surface area (Å²) in [6.45, 7) is 12.5. The summed E-state index contributed by atoms with van der Waals surface area (Å²) in [5.41, 5.74) is 7.56. The topological polar surface area (TPSA) is 244 Å². The van der Waals surface area contributed by atoms with E-state index in [-0.39, 0.29) is 60.5 Å². The molecule has 0 spiro atoms. The van der Waals surface area contributed by atoms with E-state index in [1.807, 2.05) is 27.7 Å². The van der Waals surface area contributed by atoms with Crippen LogP contribution in [-0.2, 0) is 46.9 Å². The second-order valence-electron chi connectivity index (χ2n) is 19.1. The van der Waals surface area contributed by atoms with Crippen LogP contribution in [0.25, 0.3) is 0 Å². The Hall–Kier alpha value is -3.80. The molecule has 2 amide bonds. The van der Waals surface area contributed by atoms with Gasteiger partial charge in [0, 0.05) is 56.2 Å². The number of aliphatic hydroxyl groups excluding tert-OH is 1. The first kappa shape index (κ1) is 63.3. The van der Waals surface area contributed by atoms with Gasteiger partial charge in [-0.3, -0.25) is 28.4 Å². The van der Waals surface area contributed by atoms with Crippen molar-refractivity contribution in [3.63, 3.8) is 0 Å². The highest BCUT2D eigenvalue weighted by molar-refractivity contribution is 7.47. The van der Waals surface area contributed by atoms with Crippen molar-refractivity contribution in [1.82, 2.24) is 10.6 Å². The molecule has 0 aromatic carbocycles. The van der Waals surface area contributed by atoms with Crippen molar-refractivity contribution in [2.45, 2.75) is 182 Å². The third-order valence-corrected chi connectivity index (χ3v) is 13.6. The second-order valence-corrected chi connectivity index (χ2v) is 20.5. The van der Waals surface area contributed by atoms with Gasteiger partial charge in [0.1, 0.15) is 6.10 Å². The van der Waals surface area contributed by atoms with Crippen molar-refractivity contribution in [1.29, 1.82) is 0 Å². The largest absolute Gasteiger partial charge is 0.472 e. The SMILES string of the molecule is CO[C@H]1/C=C\C=C(/C)C(=O)NC2=CC(=O)C(NCCCCCCCCCCCCCCCCCCOCCOP(=O)(O)OCCN=C(C)C)=C(C[C@@H](C)C[C@H](OC)[C@H](O)[C@@H](C)/C=C(\C)[C@@H]1OC(N)=O)C2=O. The van der Waals surface area contributed by atoms with Gasteiger partial charge in [-0.05, 0) is 64.9 Å². The number of ether oxygens (including phenoxy) is 4. The average Bonchev–Trinajstić information content (AvgIpc) is 3.32. The molecule has 0 radical (unpaired) electrons. The van der Waals surface area contributed by atoms with Gasteiger partial charge in [-0.2, -0.15) is 0 Å². The van der Waals surface area contributed by atoms with Crippen molar-refractivity contribution in [3.8, 4) is 0 Å². The van der Waals surface area contributed by atoms with Gasteiger partial charge >= 0.3 is 13.9 Å². The number of nitrogens with zero attached hydrogens (tertiary/aromatic N) is 1. The zero-order chi connectivity index (χ0) is 52.6. The number of nitrogens with one attached hydrogen (secondary N) is 2. The first-order valence-electron chi connectivity index (χ1n) is 25.9. The maximum atomic E-state index is 14.1. The Labute approximate surface area is 424 Å². The number of amides is 2. The lowest BCUT2D eigenvalue weighted by Gasteiger charge is -2.30. The number of phosphoric ester groups is 1. The molecule has 0 saturated heterocycles. The number of nitrogens with two attached hydrogens (primary N) is 1. The van der Waals surface area contributed by atoms with Crippen LogP contribution in [0.4, 0.5) is 4.79 Å². The molecule has 17 nitrogen and oxygen atoms in total. The Kier molecular flexibility index (Phi) is 32.3. The summed E-state index contributed by atoms with van der Waals surface area (Å²) in [6, 6.07) is 0.